The number of methoxy groups -OCH3 is 1. The van der Waals surface area contributed by atoms with Crippen molar-refractivity contribution in [2.75, 3.05) is 14.2 Å². The molecule has 0 saturated carbocycles. The fraction of sp³-hybridized carbons (Fsp3) is 0.643. The summed E-state index contributed by atoms with van der Waals surface area (Å²) >= 11 is 1.56. The molecule has 0 radical (unpaired) electrons. The van der Waals surface area contributed by atoms with E-state index in [2.05, 4.69) is 24.1 Å². The van der Waals surface area contributed by atoms with Crippen LogP contribution in [0.4, 0.5) is 4.79 Å². The van der Waals surface area contributed by atoms with Gasteiger partial charge in [-0.1, -0.05) is 13.8 Å². The van der Waals surface area contributed by atoms with Crippen LogP contribution in [0.3, 0.4) is 0 Å². The minimum atomic E-state index is -1.13. The summed E-state index contributed by atoms with van der Waals surface area (Å²) in [5.41, 5.74) is 0.790. The molecule has 0 aliphatic carbocycles. The standard InChI is InChI=1S/C14H23N3O4S/c1-8(2)12-15-10(7-22-12)6-17(4)14(20)16-11(13(18)19)9(3)21-5/h7-9,11H,6H2,1-5H3,(H,16,20)(H,18,19)/t9?,11-/m0/s1. The lowest BCUT2D eigenvalue weighted by molar-refractivity contribution is -0.142. The van der Waals surface area contributed by atoms with Crippen LogP contribution in [-0.2, 0) is 16.1 Å². The minimum absolute atomic E-state index is 0.322. The molecule has 0 bridgehead atoms. The Balaban J connectivity index is 2.65. The molecule has 22 heavy (non-hydrogen) atoms. The van der Waals surface area contributed by atoms with Gasteiger partial charge >= 0.3 is 12.0 Å². The number of aliphatic carboxylic acids is 1. The average Bonchev–Trinajstić information content (AvgIpc) is 2.91. The van der Waals surface area contributed by atoms with Gasteiger partial charge in [0.2, 0.25) is 0 Å². The minimum Gasteiger partial charge on any atom is -0.480 e. The largest absolute Gasteiger partial charge is 0.480 e. The summed E-state index contributed by atoms with van der Waals surface area (Å²) in [6, 6.07) is -1.57. The number of urea groups is 1. The fourth-order valence-corrected chi connectivity index (χ4v) is 2.56. The number of hydrogen-bond acceptors (Lipinski definition) is 5. The third-order valence-corrected chi connectivity index (χ3v) is 4.39. The molecule has 0 fully saturated rings. The number of nitrogens with zero attached hydrogens (tertiary/aromatic N) is 2. The maximum Gasteiger partial charge on any atom is 0.328 e. The molecule has 1 unspecified atom stereocenters. The molecule has 0 saturated heterocycles. The number of aromatic nitrogens is 1. The molecule has 1 rings (SSSR count). The van der Waals surface area contributed by atoms with Gasteiger partial charge in [0.15, 0.2) is 6.04 Å². The number of carbonyl (C=O) groups is 2. The fourth-order valence-electron chi connectivity index (χ4n) is 1.73. The average molecular weight is 329 g/mol. The van der Waals surface area contributed by atoms with E-state index in [9.17, 15) is 9.59 Å². The Morgan fingerprint density at radius 1 is 1.45 bits per heavy atom. The third kappa shape index (κ3) is 4.96. The van der Waals surface area contributed by atoms with Gasteiger partial charge in [-0.15, -0.1) is 11.3 Å². The number of ether oxygens (including phenoxy) is 1. The van der Waals surface area contributed by atoms with Crippen molar-refractivity contribution >= 4 is 23.3 Å². The highest BCUT2D eigenvalue weighted by Gasteiger charge is 2.27. The van der Waals surface area contributed by atoms with Gasteiger partial charge in [-0.25, -0.2) is 14.6 Å². The predicted octanol–water partition coefficient (Wildman–Crippen LogP) is 1.90. The van der Waals surface area contributed by atoms with Crippen molar-refractivity contribution in [3.8, 4) is 0 Å². The van der Waals surface area contributed by atoms with E-state index in [0.29, 0.717) is 12.5 Å². The third-order valence-electron chi connectivity index (χ3n) is 3.20. The number of thiazole rings is 1. The number of carbonyl (C=O) groups excluding carboxylic acids is 1. The first-order chi connectivity index (χ1) is 10.3. The quantitative estimate of drug-likeness (QED) is 0.797. The van der Waals surface area contributed by atoms with Gasteiger partial charge in [0.05, 0.1) is 23.4 Å². The summed E-state index contributed by atoms with van der Waals surface area (Å²) in [7, 11) is 3.00. The summed E-state index contributed by atoms with van der Waals surface area (Å²) in [5.74, 6) is -0.788. The number of carboxylic acid groups (broad SMARTS) is 1. The highest BCUT2D eigenvalue weighted by Crippen LogP contribution is 2.19. The number of rotatable bonds is 7. The van der Waals surface area contributed by atoms with Gasteiger partial charge < -0.3 is 20.1 Å². The van der Waals surface area contributed by atoms with Crippen molar-refractivity contribution in [1.29, 1.82) is 0 Å². The van der Waals surface area contributed by atoms with E-state index >= 15 is 0 Å². The van der Waals surface area contributed by atoms with Crippen LogP contribution in [0.1, 0.15) is 37.4 Å². The van der Waals surface area contributed by atoms with Crippen molar-refractivity contribution in [1.82, 2.24) is 15.2 Å². The Labute approximate surface area is 134 Å². The SMILES string of the molecule is COC(C)[C@H](NC(=O)N(C)Cc1csc(C(C)C)n1)C(=O)O. The monoisotopic (exact) mass is 329 g/mol. The van der Waals surface area contributed by atoms with E-state index in [0.717, 1.165) is 10.7 Å². The van der Waals surface area contributed by atoms with E-state index in [1.165, 1.54) is 12.0 Å². The summed E-state index contributed by atoms with van der Waals surface area (Å²) in [4.78, 5) is 29.1. The highest BCUT2D eigenvalue weighted by molar-refractivity contribution is 7.09. The molecule has 1 aromatic rings. The summed E-state index contributed by atoms with van der Waals surface area (Å²) in [6.07, 6.45) is -0.623. The normalized spacial score (nSPS) is 13.7. The second-order valence-electron chi connectivity index (χ2n) is 5.39. The Morgan fingerprint density at radius 3 is 2.55 bits per heavy atom. The van der Waals surface area contributed by atoms with E-state index in [1.807, 2.05) is 5.38 Å². The first-order valence-corrected chi connectivity index (χ1v) is 7.85. The Bertz CT molecular complexity index is 518. The summed E-state index contributed by atoms with van der Waals surface area (Å²) in [6.45, 7) is 6.03. The molecule has 2 N–H and O–H groups in total. The van der Waals surface area contributed by atoms with Gasteiger partial charge in [0, 0.05) is 25.5 Å². The zero-order valence-corrected chi connectivity index (χ0v) is 14.3. The van der Waals surface area contributed by atoms with E-state index < -0.39 is 24.1 Å². The molecular formula is C14H23N3O4S. The van der Waals surface area contributed by atoms with Gasteiger partial charge in [0.25, 0.3) is 0 Å². The molecule has 1 heterocycles. The van der Waals surface area contributed by atoms with Gasteiger partial charge in [-0.2, -0.15) is 0 Å². The molecule has 0 aromatic carbocycles. The first kappa shape index (κ1) is 18.4. The lowest BCUT2D eigenvalue weighted by Gasteiger charge is -2.23. The van der Waals surface area contributed by atoms with Gasteiger partial charge in [-0.05, 0) is 6.92 Å². The molecule has 2 amide bonds. The maximum atomic E-state index is 12.1. The van der Waals surface area contributed by atoms with Crippen LogP contribution in [0.25, 0.3) is 0 Å². The van der Waals surface area contributed by atoms with Crippen molar-refractivity contribution in [2.24, 2.45) is 0 Å². The van der Waals surface area contributed by atoms with Gasteiger partial charge in [0.1, 0.15) is 0 Å². The second kappa shape index (κ2) is 8.09. The predicted molar refractivity (Wildman–Crippen MR) is 84.1 cm³/mol. The van der Waals surface area contributed by atoms with Crippen LogP contribution in [0, 0.1) is 0 Å². The van der Waals surface area contributed by atoms with Crippen LogP contribution >= 0.6 is 11.3 Å². The van der Waals surface area contributed by atoms with Crippen molar-refractivity contribution in [3.05, 3.63) is 16.1 Å². The molecule has 7 nitrogen and oxygen atoms in total. The highest BCUT2D eigenvalue weighted by atomic mass is 32.1. The summed E-state index contributed by atoms with van der Waals surface area (Å²) in [5, 5.41) is 14.5. The maximum absolute atomic E-state index is 12.1. The van der Waals surface area contributed by atoms with Crippen molar-refractivity contribution in [2.45, 2.75) is 45.4 Å². The molecule has 1 aromatic heterocycles. The summed E-state index contributed by atoms with van der Waals surface area (Å²) < 4.78 is 4.98. The number of amides is 2. The second-order valence-corrected chi connectivity index (χ2v) is 6.28. The zero-order valence-electron chi connectivity index (χ0n) is 13.5. The van der Waals surface area contributed by atoms with Crippen molar-refractivity contribution in [3.63, 3.8) is 0 Å². The number of hydrogen-bond donors (Lipinski definition) is 2. The smallest absolute Gasteiger partial charge is 0.328 e. The van der Waals surface area contributed by atoms with Crippen LogP contribution in [-0.4, -0.2) is 53.3 Å². The Kier molecular flexibility index (Phi) is 6.76. The molecule has 0 aliphatic heterocycles. The van der Waals surface area contributed by atoms with E-state index in [4.69, 9.17) is 9.84 Å². The number of carboxylic acids is 1. The Morgan fingerprint density at radius 2 is 2.09 bits per heavy atom. The number of nitrogens with one attached hydrogen (secondary N) is 1. The Hall–Kier alpha value is -1.67. The van der Waals surface area contributed by atoms with Crippen LogP contribution < -0.4 is 5.32 Å². The molecular weight excluding hydrogens is 306 g/mol. The van der Waals surface area contributed by atoms with E-state index in [1.54, 1.807) is 25.3 Å². The van der Waals surface area contributed by atoms with E-state index in [-0.39, 0.29) is 0 Å². The molecule has 0 spiro atoms. The van der Waals surface area contributed by atoms with Crippen LogP contribution in [0.2, 0.25) is 0 Å². The molecule has 2 atom stereocenters. The topological polar surface area (TPSA) is 91.8 Å². The first-order valence-electron chi connectivity index (χ1n) is 6.97. The van der Waals surface area contributed by atoms with Gasteiger partial charge in [-0.3, -0.25) is 0 Å². The lowest BCUT2D eigenvalue weighted by atomic mass is 10.2. The van der Waals surface area contributed by atoms with Crippen LogP contribution in [0.15, 0.2) is 5.38 Å². The molecule has 124 valence electrons. The lowest BCUT2D eigenvalue weighted by Crippen LogP contribution is -2.51. The molecule has 0 aliphatic rings. The zero-order chi connectivity index (χ0) is 16.9. The van der Waals surface area contributed by atoms with Crippen molar-refractivity contribution < 1.29 is 19.4 Å². The molecule has 8 heteroatoms. The van der Waals surface area contributed by atoms with Crippen LogP contribution in [0.5, 0.6) is 0 Å².